The van der Waals surface area contributed by atoms with Crippen LogP contribution < -0.4 is 10.2 Å². The van der Waals surface area contributed by atoms with E-state index in [1.165, 1.54) is 16.4 Å². The Morgan fingerprint density at radius 1 is 1.14 bits per heavy atom. The van der Waals surface area contributed by atoms with E-state index in [-0.39, 0.29) is 5.69 Å². The Morgan fingerprint density at radius 2 is 1.86 bits per heavy atom. The lowest BCUT2D eigenvalue weighted by Crippen LogP contribution is -2.50. The first kappa shape index (κ1) is 20.8. The van der Waals surface area contributed by atoms with Gasteiger partial charge in [0.1, 0.15) is 11.6 Å². The molecule has 28 heavy (non-hydrogen) atoms. The van der Waals surface area contributed by atoms with Crippen LogP contribution in [0.25, 0.3) is 0 Å². The molecule has 1 amide bonds. The van der Waals surface area contributed by atoms with E-state index in [2.05, 4.69) is 32.2 Å². The van der Waals surface area contributed by atoms with Gasteiger partial charge in [0.25, 0.3) is 0 Å². The summed E-state index contributed by atoms with van der Waals surface area (Å²) in [4.78, 5) is 14.2. The lowest BCUT2D eigenvalue weighted by atomic mass is 10.2. The molecule has 1 saturated heterocycles. The van der Waals surface area contributed by atoms with E-state index in [1.54, 1.807) is 6.07 Å². The highest BCUT2D eigenvalue weighted by Crippen LogP contribution is 2.21. The van der Waals surface area contributed by atoms with E-state index in [0.29, 0.717) is 30.7 Å². The van der Waals surface area contributed by atoms with Gasteiger partial charge in [-0.3, -0.25) is 4.79 Å². The molecular weight excluding hydrogens is 449 g/mol. The third-order valence-corrected chi connectivity index (χ3v) is 6.79. The van der Waals surface area contributed by atoms with Gasteiger partial charge in [0, 0.05) is 36.3 Å². The Kier molecular flexibility index (Phi) is 6.36. The van der Waals surface area contributed by atoms with Crippen molar-refractivity contribution in [1.29, 1.82) is 0 Å². The van der Waals surface area contributed by atoms with Crippen molar-refractivity contribution in [3.05, 3.63) is 58.3 Å². The number of carbonyl (C=O) groups excluding carboxylic acids is 1. The van der Waals surface area contributed by atoms with Crippen LogP contribution in [0.1, 0.15) is 5.56 Å². The molecule has 0 aromatic heterocycles. The molecule has 6 nitrogen and oxygen atoms in total. The van der Waals surface area contributed by atoms with Gasteiger partial charge in [0.05, 0.1) is 5.69 Å². The first-order valence-corrected chi connectivity index (χ1v) is 11.2. The molecule has 3 rings (SSSR count). The Hall–Kier alpha value is -1.97. The van der Waals surface area contributed by atoms with E-state index < -0.39 is 27.5 Å². The minimum absolute atomic E-state index is 0.0485. The first-order chi connectivity index (χ1) is 13.2. The molecule has 1 aliphatic heterocycles. The van der Waals surface area contributed by atoms with Crippen LogP contribution in [0.5, 0.6) is 0 Å². The van der Waals surface area contributed by atoms with Crippen LogP contribution in [0.3, 0.4) is 0 Å². The molecular formula is C19H21BrFN3O3S. The fraction of sp³-hybridized carbons (Fsp3) is 0.316. The molecule has 0 unspecified atom stereocenters. The van der Waals surface area contributed by atoms with E-state index in [4.69, 9.17) is 0 Å². The van der Waals surface area contributed by atoms with Crippen LogP contribution in [0.4, 0.5) is 15.8 Å². The predicted molar refractivity (Wildman–Crippen MR) is 111 cm³/mol. The number of nitrogens with zero attached hydrogens (tertiary/aromatic N) is 2. The fourth-order valence-corrected chi connectivity index (χ4v) is 4.72. The lowest BCUT2D eigenvalue weighted by Gasteiger charge is -2.35. The summed E-state index contributed by atoms with van der Waals surface area (Å²) in [6.07, 6.45) is 0. The number of aryl methyl sites for hydroxylation is 1. The minimum Gasteiger partial charge on any atom is -0.369 e. The molecule has 1 aliphatic rings. The van der Waals surface area contributed by atoms with E-state index in [9.17, 15) is 17.6 Å². The van der Waals surface area contributed by atoms with E-state index in [0.717, 1.165) is 11.3 Å². The Labute approximate surface area is 172 Å². The summed E-state index contributed by atoms with van der Waals surface area (Å²) in [7, 11) is -3.77. The number of anilines is 2. The summed E-state index contributed by atoms with van der Waals surface area (Å²) >= 11 is 3.13. The van der Waals surface area contributed by atoms with Crippen LogP contribution in [0, 0.1) is 12.7 Å². The SMILES string of the molecule is Cc1cccc(N2CCN(S(=O)(=O)CC(=O)Nc3ccc(Br)cc3F)CC2)c1. The molecule has 2 aromatic rings. The van der Waals surface area contributed by atoms with Crippen molar-refractivity contribution < 1.29 is 17.6 Å². The van der Waals surface area contributed by atoms with Gasteiger partial charge in [-0.1, -0.05) is 28.1 Å². The number of halogens is 2. The maximum Gasteiger partial charge on any atom is 0.241 e. The van der Waals surface area contributed by atoms with Crippen molar-refractivity contribution in [2.75, 3.05) is 42.1 Å². The first-order valence-electron chi connectivity index (χ1n) is 8.79. The molecule has 2 aromatic carbocycles. The molecule has 1 fully saturated rings. The highest BCUT2D eigenvalue weighted by Gasteiger charge is 2.29. The van der Waals surface area contributed by atoms with E-state index >= 15 is 0 Å². The second kappa shape index (κ2) is 8.59. The van der Waals surface area contributed by atoms with Crippen molar-refractivity contribution in [2.24, 2.45) is 0 Å². The third-order valence-electron chi connectivity index (χ3n) is 4.52. The lowest BCUT2D eigenvalue weighted by molar-refractivity contribution is -0.114. The van der Waals surface area contributed by atoms with Gasteiger partial charge in [0.15, 0.2) is 0 Å². The van der Waals surface area contributed by atoms with Crippen molar-refractivity contribution in [3.63, 3.8) is 0 Å². The Balaban J connectivity index is 1.58. The number of amides is 1. The topological polar surface area (TPSA) is 69.7 Å². The number of nitrogens with one attached hydrogen (secondary N) is 1. The third kappa shape index (κ3) is 5.09. The van der Waals surface area contributed by atoms with Crippen molar-refractivity contribution in [2.45, 2.75) is 6.92 Å². The maximum absolute atomic E-state index is 13.8. The standard InChI is InChI=1S/C19H21BrFN3O3S/c1-14-3-2-4-16(11-14)23-7-9-24(10-8-23)28(26,27)13-19(25)22-18-6-5-15(20)12-17(18)21/h2-6,11-12H,7-10,13H2,1H3,(H,22,25). The number of carbonyl (C=O) groups is 1. The number of hydrogen-bond acceptors (Lipinski definition) is 4. The average molecular weight is 470 g/mol. The van der Waals surface area contributed by atoms with Gasteiger partial charge in [-0.15, -0.1) is 0 Å². The summed E-state index contributed by atoms with van der Waals surface area (Å²) in [5.41, 5.74) is 2.15. The fourth-order valence-electron chi connectivity index (χ4n) is 3.08. The number of piperazine rings is 1. The number of rotatable bonds is 5. The quantitative estimate of drug-likeness (QED) is 0.730. The summed E-state index contributed by atoms with van der Waals surface area (Å²) in [5.74, 6) is -2.11. The predicted octanol–water partition coefficient (Wildman–Crippen LogP) is 2.99. The molecule has 0 radical (unpaired) electrons. The van der Waals surface area contributed by atoms with Crippen molar-refractivity contribution in [1.82, 2.24) is 4.31 Å². The number of benzene rings is 2. The van der Waals surface area contributed by atoms with Crippen LogP contribution in [0.2, 0.25) is 0 Å². The second-order valence-electron chi connectivity index (χ2n) is 6.65. The summed E-state index contributed by atoms with van der Waals surface area (Å²) in [6.45, 7) is 3.71. The van der Waals surface area contributed by atoms with Crippen LogP contribution in [-0.2, 0) is 14.8 Å². The highest BCUT2D eigenvalue weighted by atomic mass is 79.9. The van der Waals surface area contributed by atoms with Gasteiger partial charge in [-0.2, -0.15) is 4.31 Å². The molecule has 1 N–H and O–H groups in total. The van der Waals surface area contributed by atoms with Gasteiger partial charge in [-0.25, -0.2) is 12.8 Å². The van der Waals surface area contributed by atoms with Gasteiger partial charge < -0.3 is 10.2 Å². The van der Waals surface area contributed by atoms with Gasteiger partial charge in [0.2, 0.25) is 15.9 Å². The normalized spacial score (nSPS) is 15.5. The molecule has 1 heterocycles. The smallest absolute Gasteiger partial charge is 0.241 e. The second-order valence-corrected chi connectivity index (χ2v) is 9.54. The van der Waals surface area contributed by atoms with E-state index in [1.807, 2.05) is 25.1 Å². The Morgan fingerprint density at radius 3 is 2.50 bits per heavy atom. The molecule has 0 spiro atoms. The van der Waals surface area contributed by atoms with Gasteiger partial charge in [-0.05, 0) is 42.8 Å². The van der Waals surface area contributed by atoms with Crippen LogP contribution >= 0.6 is 15.9 Å². The van der Waals surface area contributed by atoms with Crippen molar-refractivity contribution in [3.8, 4) is 0 Å². The number of hydrogen-bond donors (Lipinski definition) is 1. The summed E-state index contributed by atoms with van der Waals surface area (Å²) in [5, 5.41) is 2.32. The van der Waals surface area contributed by atoms with Crippen LogP contribution in [0.15, 0.2) is 46.9 Å². The average Bonchev–Trinajstić information content (AvgIpc) is 2.64. The minimum atomic E-state index is -3.77. The monoisotopic (exact) mass is 469 g/mol. The Bertz CT molecular complexity index is 976. The summed E-state index contributed by atoms with van der Waals surface area (Å²) in [6, 6.07) is 12.2. The summed E-state index contributed by atoms with van der Waals surface area (Å²) < 4.78 is 40.8. The zero-order chi connectivity index (χ0) is 20.3. The molecule has 0 aliphatic carbocycles. The highest BCUT2D eigenvalue weighted by molar-refractivity contribution is 9.10. The molecule has 0 saturated carbocycles. The van der Waals surface area contributed by atoms with Gasteiger partial charge >= 0.3 is 0 Å². The molecule has 0 atom stereocenters. The molecule has 150 valence electrons. The van der Waals surface area contributed by atoms with Crippen LogP contribution in [-0.4, -0.2) is 50.6 Å². The molecule has 9 heteroatoms. The molecule has 0 bridgehead atoms. The zero-order valence-corrected chi connectivity index (χ0v) is 17.8. The number of sulfonamides is 1. The zero-order valence-electron chi connectivity index (χ0n) is 15.4. The maximum atomic E-state index is 13.8. The van der Waals surface area contributed by atoms with Crippen molar-refractivity contribution >= 4 is 43.2 Å². The largest absolute Gasteiger partial charge is 0.369 e.